The second-order valence-corrected chi connectivity index (χ2v) is 6.13. The van der Waals surface area contributed by atoms with E-state index in [0.717, 1.165) is 6.42 Å². The van der Waals surface area contributed by atoms with E-state index in [1.807, 2.05) is 0 Å². The van der Waals surface area contributed by atoms with Gasteiger partial charge in [0.2, 0.25) is 0 Å². The van der Waals surface area contributed by atoms with Crippen LogP contribution in [-0.4, -0.2) is 30.6 Å². The Morgan fingerprint density at radius 2 is 2.12 bits per heavy atom. The molecule has 2 unspecified atom stereocenters. The lowest BCUT2D eigenvalue weighted by Crippen LogP contribution is -2.31. The monoisotopic (exact) mass is 250 g/mol. The van der Waals surface area contributed by atoms with Crippen LogP contribution in [0.1, 0.15) is 18.9 Å². The standard InChI is InChI=1S/C14H22N2S/c1-11(15)9-12-3-5-13(6-4-12)16(2)14-7-8-17-10-14/h3-6,11,14H,7-10,15H2,1-2H3. The zero-order valence-corrected chi connectivity index (χ0v) is 11.5. The molecule has 17 heavy (non-hydrogen) atoms. The number of anilines is 1. The maximum Gasteiger partial charge on any atom is 0.0385 e. The maximum atomic E-state index is 5.81. The van der Waals surface area contributed by atoms with Crippen LogP contribution in [0.15, 0.2) is 24.3 Å². The van der Waals surface area contributed by atoms with Gasteiger partial charge in [0, 0.05) is 30.6 Å². The predicted molar refractivity (Wildman–Crippen MR) is 77.9 cm³/mol. The number of thioether (sulfide) groups is 1. The molecule has 2 nitrogen and oxygen atoms in total. The lowest BCUT2D eigenvalue weighted by molar-refractivity contribution is 0.699. The highest BCUT2D eigenvalue weighted by atomic mass is 32.2. The van der Waals surface area contributed by atoms with Crippen LogP contribution < -0.4 is 10.6 Å². The van der Waals surface area contributed by atoms with Crippen LogP contribution in [0, 0.1) is 0 Å². The Bertz CT molecular complexity index is 342. The zero-order chi connectivity index (χ0) is 12.3. The number of nitrogens with zero attached hydrogens (tertiary/aromatic N) is 1. The molecule has 2 N–H and O–H groups in total. The summed E-state index contributed by atoms with van der Waals surface area (Å²) in [6.07, 6.45) is 2.27. The van der Waals surface area contributed by atoms with Crippen molar-refractivity contribution in [3.63, 3.8) is 0 Å². The van der Waals surface area contributed by atoms with Gasteiger partial charge in [-0.2, -0.15) is 11.8 Å². The number of nitrogens with two attached hydrogens (primary N) is 1. The summed E-state index contributed by atoms with van der Waals surface area (Å²) in [6.45, 7) is 2.05. The van der Waals surface area contributed by atoms with Crippen LogP contribution in [0.2, 0.25) is 0 Å². The quantitative estimate of drug-likeness (QED) is 0.890. The van der Waals surface area contributed by atoms with Gasteiger partial charge >= 0.3 is 0 Å². The van der Waals surface area contributed by atoms with Gasteiger partial charge in [0.1, 0.15) is 0 Å². The van der Waals surface area contributed by atoms with Gasteiger partial charge in [-0.1, -0.05) is 12.1 Å². The van der Waals surface area contributed by atoms with E-state index in [4.69, 9.17) is 5.73 Å². The number of hydrogen-bond donors (Lipinski definition) is 1. The fraction of sp³-hybridized carbons (Fsp3) is 0.571. The van der Waals surface area contributed by atoms with E-state index in [1.165, 1.54) is 29.2 Å². The maximum absolute atomic E-state index is 5.81. The lowest BCUT2D eigenvalue weighted by atomic mass is 10.1. The van der Waals surface area contributed by atoms with Crippen molar-refractivity contribution in [2.45, 2.75) is 31.8 Å². The molecule has 1 aromatic rings. The average molecular weight is 250 g/mol. The molecule has 1 aromatic carbocycles. The summed E-state index contributed by atoms with van der Waals surface area (Å²) >= 11 is 2.06. The molecular weight excluding hydrogens is 228 g/mol. The molecular formula is C14H22N2S. The second-order valence-electron chi connectivity index (χ2n) is 4.98. The summed E-state index contributed by atoms with van der Waals surface area (Å²) in [7, 11) is 2.21. The van der Waals surface area contributed by atoms with Crippen LogP contribution in [0.25, 0.3) is 0 Å². The van der Waals surface area contributed by atoms with E-state index in [9.17, 15) is 0 Å². The minimum Gasteiger partial charge on any atom is -0.371 e. The molecule has 2 atom stereocenters. The van der Waals surface area contributed by atoms with Gasteiger partial charge in [0.25, 0.3) is 0 Å². The van der Waals surface area contributed by atoms with Gasteiger partial charge in [-0.3, -0.25) is 0 Å². The predicted octanol–water partition coefficient (Wildman–Crippen LogP) is 2.52. The lowest BCUT2D eigenvalue weighted by Gasteiger charge is -2.26. The van der Waals surface area contributed by atoms with E-state index in [-0.39, 0.29) is 6.04 Å². The molecule has 1 heterocycles. The summed E-state index contributed by atoms with van der Waals surface area (Å²) in [5, 5.41) is 0. The van der Waals surface area contributed by atoms with Gasteiger partial charge in [-0.15, -0.1) is 0 Å². The molecule has 0 amide bonds. The van der Waals surface area contributed by atoms with Crippen LogP contribution in [-0.2, 0) is 6.42 Å². The van der Waals surface area contributed by atoms with Crippen molar-refractivity contribution in [2.24, 2.45) is 5.73 Å². The molecule has 94 valence electrons. The normalized spacial score (nSPS) is 21.5. The third-order valence-electron chi connectivity index (χ3n) is 3.35. The summed E-state index contributed by atoms with van der Waals surface area (Å²) in [5.41, 5.74) is 8.47. The third kappa shape index (κ3) is 3.39. The molecule has 3 heteroatoms. The van der Waals surface area contributed by atoms with E-state index in [2.05, 4.69) is 54.9 Å². The molecule has 0 aromatic heterocycles. The highest BCUT2D eigenvalue weighted by Crippen LogP contribution is 2.26. The first-order valence-corrected chi connectivity index (χ1v) is 7.47. The highest BCUT2D eigenvalue weighted by Gasteiger charge is 2.20. The summed E-state index contributed by atoms with van der Waals surface area (Å²) in [6, 6.07) is 9.81. The van der Waals surface area contributed by atoms with E-state index >= 15 is 0 Å². The Kier molecular flexibility index (Phi) is 4.35. The van der Waals surface area contributed by atoms with Crippen LogP contribution in [0.4, 0.5) is 5.69 Å². The Morgan fingerprint density at radius 3 is 2.65 bits per heavy atom. The summed E-state index contributed by atoms with van der Waals surface area (Å²) in [4.78, 5) is 2.41. The van der Waals surface area contributed by atoms with Crippen molar-refractivity contribution in [1.29, 1.82) is 0 Å². The van der Waals surface area contributed by atoms with Crippen molar-refractivity contribution in [2.75, 3.05) is 23.5 Å². The molecule has 0 saturated carbocycles. The summed E-state index contributed by atoms with van der Waals surface area (Å²) < 4.78 is 0. The van der Waals surface area contributed by atoms with Crippen molar-refractivity contribution >= 4 is 17.4 Å². The van der Waals surface area contributed by atoms with Gasteiger partial charge in [0.15, 0.2) is 0 Å². The first-order valence-electron chi connectivity index (χ1n) is 6.32. The Hall–Kier alpha value is -0.670. The number of hydrogen-bond acceptors (Lipinski definition) is 3. The van der Waals surface area contributed by atoms with Crippen molar-refractivity contribution in [3.8, 4) is 0 Å². The molecule has 1 fully saturated rings. The zero-order valence-electron chi connectivity index (χ0n) is 10.7. The molecule has 0 spiro atoms. The van der Waals surface area contributed by atoms with Crippen molar-refractivity contribution < 1.29 is 0 Å². The smallest absolute Gasteiger partial charge is 0.0385 e. The van der Waals surface area contributed by atoms with Gasteiger partial charge in [-0.25, -0.2) is 0 Å². The topological polar surface area (TPSA) is 29.3 Å². The molecule has 1 saturated heterocycles. The first kappa shape index (κ1) is 12.8. The largest absolute Gasteiger partial charge is 0.371 e. The third-order valence-corrected chi connectivity index (χ3v) is 4.50. The fourth-order valence-electron chi connectivity index (χ4n) is 2.28. The van der Waals surface area contributed by atoms with Gasteiger partial charge in [0.05, 0.1) is 0 Å². The van der Waals surface area contributed by atoms with Crippen LogP contribution in [0.3, 0.4) is 0 Å². The molecule has 1 aliphatic rings. The van der Waals surface area contributed by atoms with E-state index in [0.29, 0.717) is 6.04 Å². The van der Waals surface area contributed by atoms with Gasteiger partial charge in [-0.05, 0) is 43.2 Å². The van der Waals surface area contributed by atoms with Crippen molar-refractivity contribution in [1.82, 2.24) is 0 Å². The molecule has 0 bridgehead atoms. The molecule has 0 radical (unpaired) electrons. The van der Waals surface area contributed by atoms with Crippen LogP contribution >= 0.6 is 11.8 Å². The van der Waals surface area contributed by atoms with E-state index in [1.54, 1.807) is 0 Å². The number of benzene rings is 1. The first-order chi connectivity index (χ1) is 8.16. The Morgan fingerprint density at radius 1 is 1.41 bits per heavy atom. The Labute approximate surface area is 109 Å². The molecule has 0 aliphatic carbocycles. The minimum absolute atomic E-state index is 0.241. The second kappa shape index (κ2) is 5.78. The highest BCUT2D eigenvalue weighted by molar-refractivity contribution is 7.99. The van der Waals surface area contributed by atoms with Crippen LogP contribution in [0.5, 0.6) is 0 Å². The Balaban J connectivity index is 2.01. The summed E-state index contributed by atoms with van der Waals surface area (Å²) in [5.74, 6) is 2.57. The molecule has 1 aliphatic heterocycles. The van der Waals surface area contributed by atoms with E-state index < -0.39 is 0 Å². The van der Waals surface area contributed by atoms with Crippen molar-refractivity contribution in [3.05, 3.63) is 29.8 Å². The SMILES string of the molecule is CC(N)Cc1ccc(N(C)C2CCSC2)cc1. The number of rotatable bonds is 4. The molecule has 2 rings (SSSR count). The average Bonchev–Trinajstić information content (AvgIpc) is 2.82. The minimum atomic E-state index is 0.241. The van der Waals surface area contributed by atoms with Gasteiger partial charge < -0.3 is 10.6 Å². The fourth-order valence-corrected chi connectivity index (χ4v) is 3.55.